The lowest BCUT2D eigenvalue weighted by Gasteiger charge is -2.21. The van der Waals surface area contributed by atoms with Gasteiger partial charge in [-0.2, -0.15) is 0 Å². The third kappa shape index (κ3) is 4.94. The maximum Gasteiger partial charge on any atom is 0.260 e. The van der Waals surface area contributed by atoms with Crippen LogP contribution in [0.5, 0.6) is 11.5 Å². The van der Waals surface area contributed by atoms with E-state index in [-0.39, 0.29) is 5.91 Å². The lowest BCUT2D eigenvalue weighted by molar-refractivity contribution is 0.0984. The maximum absolute atomic E-state index is 13.8. The predicted molar refractivity (Wildman–Crippen MR) is 133 cm³/mol. The van der Waals surface area contributed by atoms with E-state index in [1.54, 1.807) is 35.5 Å². The number of thiazole rings is 1. The zero-order valence-electron chi connectivity index (χ0n) is 18.7. The SMILES string of the molecule is CCOc1ccc(C(=O)N(Cc2cccnc2)c2nc3c(C)ccc(Cl)c3s2)cc1OCC. The van der Waals surface area contributed by atoms with Gasteiger partial charge in [0.05, 0.1) is 35.0 Å². The van der Waals surface area contributed by atoms with Gasteiger partial charge in [-0.05, 0) is 62.2 Å². The third-order valence-electron chi connectivity index (χ3n) is 5.02. The van der Waals surface area contributed by atoms with E-state index < -0.39 is 0 Å². The molecule has 0 saturated carbocycles. The van der Waals surface area contributed by atoms with Crippen LogP contribution in [0, 0.1) is 6.92 Å². The molecule has 170 valence electrons. The number of nitrogens with zero attached hydrogens (tertiary/aromatic N) is 3. The number of amides is 1. The van der Waals surface area contributed by atoms with Gasteiger partial charge in [-0.1, -0.05) is 35.1 Å². The van der Waals surface area contributed by atoms with Gasteiger partial charge < -0.3 is 9.47 Å². The number of ether oxygens (including phenoxy) is 2. The molecule has 1 amide bonds. The first-order valence-corrected chi connectivity index (χ1v) is 11.9. The first-order valence-electron chi connectivity index (χ1n) is 10.7. The molecule has 0 aliphatic carbocycles. The third-order valence-corrected chi connectivity index (χ3v) is 6.55. The minimum absolute atomic E-state index is 0.198. The largest absolute Gasteiger partial charge is 0.490 e. The number of halogens is 1. The van der Waals surface area contributed by atoms with Crippen LogP contribution in [-0.4, -0.2) is 29.1 Å². The molecule has 0 atom stereocenters. The van der Waals surface area contributed by atoms with Crippen molar-refractivity contribution in [2.75, 3.05) is 18.1 Å². The van der Waals surface area contributed by atoms with E-state index in [0.29, 0.717) is 47.0 Å². The zero-order valence-corrected chi connectivity index (χ0v) is 20.2. The lowest BCUT2D eigenvalue weighted by atomic mass is 10.1. The predicted octanol–water partition coefficient (Wildman–Crippen LogP) is 6.30. The summed E-state index contributed by atoms with van der Waals surface area (Å²) >= 11 is 7.83. The van der Waals surface area contributed by atoms with Crippen molar-refractivity contribution < 1.29 is 14.3 Å². The Bertz CT molecular complexity index is 1240. The molecule has 0 unspecified atom stereocenters. The number of hydrogen-bond acceptors (Lipinski definition) is 6. The Labute approximate surface area is 201 Å². The lowest BCUT2D eigenvalue weighted by Crippen LogP contribution is -2.30. The van der Waals surface area contributed by atoms with E-state index >= 15 is 0 Å². The van der Waals surface area contributed by atoms with Crippen LogP contribution in [-0.2, 0) is 6.54 Å². The highest BCUT2D eigenvalue weighted by molar-refractivity contribution is 7.23. The van der Waals surface area contributed by atoms with E-state index in [1.807, 2.05) is 45.0 Å². The molecule has 4 rings (SSSR count). The number of pyridine rings is 1. The summed E-state index contributed by atoms with van der Waals surface area (Å²) in [6.07, 6.45) is 3.45. The van der Waals surface area contributed by atoms with Crippen molar-refractivity contribution in [2.45, 2.75) is 27.3 Å². The second-order valence-corrected chi connectivity index (χ2v) is 8.70. The number of rotatable bonds is 8. The molecule has 0 aliphatic heterocycles. The van der Waals surface area contributed by atoms with Gasteiger partial charge in [-0.25, -0.2) is 4.98 Å². The zero-order chi connectivity index (χ0) is 23.4. The van der Waals surface area contributed by atoms with E-state index in [0.717, 1.165) is 21.3 Å². The molecule has 0 saturated heterocycles. The summed E-state index contributed by atoms with van der Waals surface area (Å²) in [7, 11) is 0. The average molecular weight is 482 g/mol. The summed E-state index contributed by atoms with van der Waals surface area (Å²) < 4.78 is 12.2. The van der Waals surface area contributed by atoms with E-state index in [9.17, 15) is 4.79 Å². The number of carbonyl (C=O) groups is 1. The Hall–Kier alpha value is -3.16. The van der Waals surface area contributed by atoms with Crippen LogP contribution < -0.4 is 14.4 Å². The number of aryl methyl sites for hydroxylation is 1. The number of fused-ring (bicyclic) bond motifs is 1. The molecule has 0 bridgehead atoms. The molecular formula is C25H24ClN3O3S. The van der Waals surface area contributed by atoms with Crippen molar-refractivity contribution in [1.29, 1.82) is 0 Å². The van der Waals surface area contributed by atoms with Crippen molar-refractivity contribution in [1.82, 2.24) is 9.97 Å². The van der Waals surface area contributed by atoms with Crippen molar-refractivity contribution in [3.8, 4) is 11.5 Å². The Balaban J connectivity index is 1.78. The highest BCUT2D eigenvalue weighted by Gasteiger charge is 2.24. The monoisotopic (exact) mass is 481 g/mol. The summed E-state index contributed by atoms with van der Waals surface area (Å²) in [6.45, 7) is 7.08. The fourth-order valence-electron chi connectivity index (χ4n) is 3.45. The molecule has 0 N–H and O–H groups in total. The van der Waals surface area contributed by atoms with E-state index in [4.69, 9.17) is 26.1 Å². The van der Waals surface area contributed by atoms with Gasteiger partial charge in [0.1, 0.15) is 0 Å². The molecule has 0 spiro atoms. The minimum Gasteiger partial charge on any atom is -0.490 e. The van der Waals surface area contributed by atoms with Gasteiger partial charge in [0, 0.05) is 18.0 Å². The molecular weight excluding hydrogens is 458 g/mol. The second-order valence-electron chi connectivity index (χ2n) is 7.32. The Morgan fingerprint density at radius 2 is 1.88 bits per heavy atom. The molecule has 8 heteroatoms. The van der Waals surface area contributed by atoms with Gasteiger partial charge in [0.2, 0.25) is 0 Å². The summed E-state index contributed by atoms with van der Waals surface area (Å²) in [5.41, 5.74) is 3.18. The highest BCUT2D eigenvalue weighted by Crippen LogP contribution is 2.37. The van der Waals surface area contributed by atoms with Crippen molar-refractivity contribution >= 4 is 44.2 Å². The van der Waals surface area contributed by atoms with Gasteiger partial charge in [0.25, 0.3) is 5.91 Å². The van der Waals surface area contributed by atoms with E-state index in [2.05, 4.69) is 4.98 Å². The summed E-state index contributed by atoms with van der Waals surface area (Å²) in [4.78, 5) is 24.4. The molecule has 0 aliphatic rings. The average Bonchev–Trinajstić information content (AvgIpc) is 3.28. The van der Waals surface area contributed by atoms with Crippen LogP contribution in [0.1, 0.15) is 35.3 Å². The normalized spacial score (nSPS) is 10.9. The fourth-order valence-corrected chi connectivity index (χ4v) is 4.76. The topological polar surface area (TPSA) is 64.5 Å². The Morgan fingerprint density at radius 1 is 1.09 bits per heavy atom. The van der Waals surface area contributed by atoms with Gasteiger partial charge in [-0.15, -0.1) is 0 Å². The van der Waals surface area contributed by atoms with Gasteiger partial charge >= 0.3 is 0 Å². The number of aromatic nitrogens is 2. The molecule has 2 heterocycles. The summed E-state index contributed by atoms with van der Waals surface area (Å²) in [5, 5.41) is 1.19. The number of benzene rings is 2. The van der Waals surface area contributed by atoms with Crippen molar-refractivity contribution in [2.24, 2.45) is 0 Å². The van der Waals surface area contributed by atoms with Gasteiger partial charge in [-0.3, -0.25) is 14.7 Å². The summed E-state index contributed by atoms with van der Waals surface area (Å²) in [5.74, 6) is 0.947. The summed E-state index contributed by atoms with van der Waals surface area (Å²) in [6, 6.07) is 12.8. The minimum atomic E-state index is -0.198. The van der Waals surface area contributed by atoms with Crippen LogP contribution in [0.4, 0.5) is 5.13 Å². The first-order chi connectivity index (χ1) is 16.0. The van der Waals surface area contributed by atoms with Crippen molar-refractivity contribution in [3.63, 3.8) is 0 Å². The molecule has 0 radical (unpaired) electrons. The van der Waals surface area contributed by atoms with Crippen LogP contribution in [0.25, 0.3) is 10.2 Å². The molecule has 0 fully saturated rings. The molecule has 33 heavy (non-hydrogen) atoms. The number of hydrogen-bond donors (Lipinski definition) is 0. The molecule has 6 nitrogen and oxygen atoms in total. The Kier molecular flexibility index (Phi) is 7.11. The Morgan fingerprint density at radius 3 is 2.58 bits per heavy atom. The molecule has 2 aromatic heterocycles. The first kappa shape index (κ1) is 23.0. The highest BCUT2D eigenvalue weighted by atomic mass is 35.5. The van der Waals surface area contributed by atoms with Crippen molar-refractivity contribution in [3.05, 3.63) is 76.6 Å². The fraction of sp³-hybridized carbons (Fsp3) is 0.240. The van der Waals surface area contributed by atoms with Crippen LogP contribution in [0.2, 0.25) is 5.02 Å². The quantitative estimate of drug-likeness (QED) is 0.295. The van der Waals surface area contributed by atoms with Gasteiger partial charge in [0.15, 0.2) is 16.6 Å². The number of carbonyl (C=O) groups excluding carboxylic acids is 1. The standard InChI is InChI=1S/C25H24ClN3O3S/c1-4-31-20-11-9-18(13-21(20)32-5-2)24(30)29(15-17-7-6-12-27-14-17)25-28-22-16(3)8-10-19(26)23(22)33-25/h6-14H,4-5,15H2,1-3H3. The molecule has 4 aromatic rings. The second kappa shape index (κ2) is 10.2. The number of anilines is 1. The van der Waals surface area contributed by atoms with Crippen LogP contribution in [0.15, 0.2) is 54.9 Å². The van der Waals surface area contributed by atoms with Crippen LogP contribution >= 0.6 is 22.9 Å². The molecule has 2 aromatic carbocycles. The smallest absolute Gasteiger partial charge is 0.260 e. The van der Waals surface area contributed by atoms with Crippen LogP contribution in [0.3, 0.4) is 0 Å². The maximum atomic E-state index is 13.8. The van der Waals surface area contributed by atoms with E-state index in [1.165, 1.54) is 11.3 Å².